The number of fused-ring (bicyclic) bond motifs is 4. The molecule has 7 rings (SSSR count). The van der Waals surface area contributed by atoms with Gasteiger partial charge in [-0.1, -0.05) is 12.1 Å². The molecule has 3 fully saturated rings. The number of carbonyl (C=O) groups is 2. The number of anilines is 1. The van der Waals surface area contributed by atoms with Gasteiger partial charge >= 0.3 is 0 Å². The first kappa shape index (κ1) is 30.2. The Morgan fingerprint density at radius 1 is 1.14 bits per heavy atom. The smallest absolute Gasteiger partial charge is 0.254 e. The number of hydrogen-bond acceptors (Lipinski definition) is 9. The van der Waals surface area contributed by atoms with Gasteiger partial charge in [0.05, 0.1) is 40.6 Å². The molecular formula is C31H36FN5O6S. The first-order chi connectivity index (χ1) is 20.8. The number of hydrogen-bond donors (Lipinski definition) is 2. The first-order valence-electron chi connectivity index (χ1n) is 14.8. The zero-order chi connectivity index (χ0) is 31.4. The number of amides is 2. The van der Waals surface area contributed by atoms with Crippen molar-refractivity contribution in [1.29, 1.82) is 0 Å². The second kappa shape index (κ2) is 11.0. The number of nitrogens with zero attached hydrogens (tertiary/aromatic N) is 3. The Labute approximate surface area is 255 Å². The monoisotopic (exact) mass is 625 g/mol. The summed E-state index contributed by atoms with van der Waals surface area (Å²) in [6, 6.07) is 7.66. The number of aromatic nitrogens is 2. The Hall–Kier alpha value is -3.84. The highest BCUT2D eigenvalue weighted by molar-refractivity contribution is 7.91. The summed E-state index contributed by atoms with van der Waals surface area (Å²) >= 11 is 0. The minimum absolute atomic E-state index is 0.0264. The normalized spacial score (nSPS) is 25.9. The van der Waals surface area contributed by atoms with Crippen LogP contribution in [0.25, 0.3) is 0 Å². The summed E-state index contributed by atoms with van der Waals surface area (Å²) in [5.74, 6) is -1.19. The van der Waals surface area contributed by atoms with Gasteiger partial charge in [-0.3, -0.25) is 9.59 Å². The topological polar surface area (TPSA) is 158 Å². The summed E-state index contributed by atoms with van der Waals surface area (Å²) in [5.41, 5.74) is 5.52. The lowest BCUT2D eigenvalue weighted by molar-refractivity contribution is -0.119. The SMILES string of the molecule is Cc1nnc(C23CCC(NC(=O)c4cc5c(cc4F)S(=O)(=O)C[C@H](N)C(=O)N5Cc4ccc(OC(C)C)cc4)(CC2)CC3)o1. The minimum Gasteiger partial charge on any atom is -0.491 e. The fourth-order valence-corrected chi connectivity index (χ4v) is 8.26. The molecule has 1 aromatic heterocycles. The van der Waals surface area contributed by atoms with Gasteiger partial charge in [-0.2, -0.15) is 0 Å². The molecule has 4 aliphatic rings. The van der Waals surface area contributed by atoms with E-state index in [1.807, 2.05) is 13.8 Å². The number of nitrogens with one attached hydrogen (secondary N) is 1. The molecule has 2 aromatic carbocycles. The standard InChI is InChI=1S/C31H36FN5O6S/c1-18(2)42-21-6-4-20(5-7-21)16-37-25-14-22(23(32)15-26(25)44(40,41)17-24(33)28(37)39)27(38)34-31-11-8-30(9-12-31,10-13-31)29-36-35-19(3)43-29/h4-7,14-15,18,24H,8-13,16-17,33H2,1-3H3,(H,34,38)/t24-,30?,31?/m0/s1. The zero-order valence-electron chi connectivity index (χ0n) is 24.9. The quantitative estimate of drug-likeness (QED) is 0.399. The molecule has 1 aliphatic heterocycles. The molecule has 3 aliphatic carbocycles. The van der Waals surface area contributed by atoms with Crippen LogP contribution in [0.2, 0.25) is 0 Å². The van der Waals surface area contributed by atoms with Gasteiger partial charge in [0, 0.05) is 17.9 Å². The van der Waals surface area contributed by atoms with Crippen LogP contribution in [0, 0.1) is 12.7 Å². The van der Waals surface area contributed by atoms with Gasteiger partial charge in [0.2, 0.25) is 17.7 Å². The number of aryl methyl sites for hydroxylation is 1. The molecule has 13 heteroatoms. The highest BCUT2D eigenvalue weighted by Crippen LogP contribution is 2.53. The minimum atomic E-state index is -4.14. The zero-order valence-corrected chi connectivity index (χ0v) is 25.7. The summed E-state index contributed by atoms with van der Waals surface area (Å²) in [4.78, 5) is 27.9. The van der Waals surface area contributed by atoms with Crippen LogP contribution in [0.3, 0.4) is 0 Å². The van der Waals surface area contributed by atoms with Gasteiger partial charge in [-0.05, 0) is 82.2 Å². The van der Waals surface area contributed by atoms with Gasteiger partial charge in [-0.15, -0.1) is 10.2 Å². The van der Waals surface area contributed by atoms with E-state index in [-0.39, 0.29) is 34.2 Å². The van der Waals surface area contributed by atoms with Crippen molar-refractivity contribution in [1.82, 2.24) is 15.5 Å². The maximum atomic E-state index is 15.6. The van der Waals surface area contributed by atoms with Crippen LogP contribution in [0.15, 0.2) is 45.7 Å². The molecule has 1 atom stereocenters. The number of halogens is 1. The molecule has 0 spiro atoms. The second-order valence-electron chi connectivity index (χ2n) is 12.6. The van der Waals surface area contributed by atoms with Crippen molar-refractivity contribution in [3.63, 3.8) is 0 Å². The van der Waals surface area contributed by atoms with Gasteiger partial charge in [0.1, 0.15) is 11.6 Å². The number of benzene rings is 2. The summed E-state index contributed by atoms with van der Waals surface area (Å²) in [6.45, 7) is 5.53. The molecule has 11 nitrogen and oxygen atoms in total. The maximum absolute atomic E-state index is 15.6. The van der Waals surface area contributed by atoms with Crippen molar-refractivity contribution < 1.29 is 31.6 Å². The molecule has 0 unspecified atom stereocenters. The van der Waals surface area contributed by atoms with Crippen molar-refractivity contribution in [3.8, 4) is 5.75 Å². The van der Waals surface area contributed by atoms with E-state index < -0.39 is 44.8 Å². The van der Waals surface area contributed by atoms with Gasteiger partial charge in [0.25, 0.3) is 5.91 Å². The van der Waals surface area contributed by atoms with Crippen LogP contribution >= 0.6 is 0 Å². The van der Waals surface area contributed by atoms with E-state index in [9.17, 15) is 18.0 Å². The summed E-state index contributed by atoms with van der Waals surface area (Å²) in [5, 5.41) is 11.3. The van der Waals surface area contributed by atoms with Crippen molar-refractivity contribution in [2.45, 2.75) is 93.8 Å². The summed E-state index contributed by atoms with van der Waals surface area (Å²) in [7, 11) is -4.14. The highest BCUT2D eigenvalue weighted by atomic mass is 32.2. The van der Waals surface area contributed by atoms with E-state index in [0.29, 0.717) is 42.4 Å². The number of ether oxygens (including phenoxy) is 1. The molecule has 3 saturated carbocycles. The van der Waals surface area contributed by atoms with E-state index in [1.165, 1.54) is 4.90 Å². The van der Waals surface area contributed by atoms with Gasteiger partial charge in [0.15, 0.2) is 9.84 Å². The second-order valence-corrected chi connectivity index (χ2v) is 14.6. The van der Waals surface area contributed by atoms with Crippen molar-refractivity contribution in [2.75, 3.05) is 10.7 Å². The number of carbonyl (C=O) groups excluding carboxylic acids is 2. The van der Waals surface area contributed by atoms with E-state index in [4.69, 9.17) is 14.9 Å². The Kier molecular flexibility index (Phi) is 7.52. The van der Waals surface area contributed by atoms with E-state index >= 15 is 4.39 Å². The Morgan fingerprint density at radius 2 is 1.80 bits per heavy atom. The molecule has 44 heavy (non-hydrogen) atoms. The predicted molar refractivity (Wildman–Crippen MR) is 158 cm³/mol. The predicted octanol–water partition coefficient (Wildman–Crippen LogP) is 3.73. The third-order valence-corrected chi connectivity index (χ3v) is 10.9. The molecule has 2 bridgehead atoms. The Balaban J connectivity index is 1.29. The van der Waals surface area contributed by atoms with Crippen molar-refractivity contribution in [3.05, 3.63) is 65.1 Å². The number of rotatable bonds is 7. The lowest BCUT2D eigenvalue weighted by Crippen LogP contribution is -2.58. The number of sulfone groups is 1. The van der Waals surface area contributed by atoms with Crippen LogP contribution in [0.5, 0.6) is 5.75 Å². The molecule has 234 valence electrons. The molecule has 0 radical (unpaired) electrons. The molecule has 3 N–H and O–H groups in total. The van der Waals surface area contributed by atoms with Crippen molar-refractivity contribution >= 4 is 27.3 Å². The van der Waals surface area contributed by atoms with Gasteiger partial charge in [-0.25, -0.2) is 12.8 Å². The number of nitrogens with two attached hydrogens (primary N) is 1. The molecule has 2 amide bonds. The lowest BCUT2D eigenvalue weighted by Gasteiger charge is -2.52. The Bertz CT molecular complexity index is 1700. The maximum Gasteiger partial charge on any atom is 0.254 e. The average molecular weight is 626 g/mol. The van der Waals surface area contributed by atoms with E-state index in [2.05, 4.69) is 15.5 Å². The van der Waals surface area contributed by atoms with Crippen LogP contribution in [-0.4, -0.2) is 53.9 Å². The summed E-state index contributed by atoms with van der Waals surface area (Å²) in [6.07, 6.45) is 4.13. The van der Waals surface area contributed by atoms with Gasteiger partial charge < -0.3 is 25.1 Å². The third-order valence-electron chi connectivity index (χ3n) is 9.14. The first-order valence-corrected chi connectivity index (χ1v) is 16.5. The van der Waals surface area contributed by atoms with Crippen LogP contribution in [0.4, 0.5) is 10.1 Å². The highest BCUT2D eigenvalue weighted by Gasteiger charge is 2.52. The van der Waals surface area contributed by atoms with Crippen molar-refractivity contribution in [2.24, 2.45) is 5.73 Å². The van der Waals surface area contributed by atoms with E-state index in [1.54, 1.807) is 31.2 Å². The fourth-order valence-electron chi connectivity index (χ4n) is 6.70. The molecule has 2 heterocycles. The third kappa shape index (κ3) is 5.47. The molecule has 0 saturated heterocycles. The van der Waals surface area contributed by atoms with Crippen LogP contribution in [0.1, 0.15) is 80.1 Å². The van der Waals surface area contributed by atoms with Crippen LogP contribution in [-0.2, 0) is 26.6 Å². The van der Waals surface area contributed by atoms with Crippen LogP contribution < -0.4 is 20.7 Å². The largest absolute Gasteiger partial charge is 0.491 e. The fraction of sp³-hybridized carbons (Fsp3) is 0.484. The average Bonchev–Trinajstić information content (AvgIpc) is 3.41. The van der Waals surface area contributed by atoms with E-state index in [0.717, 1.165) is 31.4 Å². The lowest BCUT2D eigenvalue weighted by atomic mass is 9.57. The summed E-state index contributed by atoms with van der Waals surface area (Å²) < 4.78 is 53.5. The Morgan fingerprint density at radius 3 is 2.39 bits per heavy atom. The molecular weight excluding hydrogens is 589 g/mol. The molecule has 3 aromatic rings.